The molecule has 1 unspecified atom stereocenters. The van der Waals surface area contributed by atoms with Crippen LogP contribution in [-0.4, -0.2) is 59.6 Å². The number of aromatic hydroxyl groups is 1. The second kappa shape index (κ2) is 10.00. The van der Waals surface area contributed by atoms with Gasteiger partial charge in [-0.25, -0.2) is 0 Å². The van der Waals surface area contributed by atoms with Crippen molar-refractivity contribution in [1.82, 2.24) is 15.1 Å². The topological polar surface area (TPSA) is 96.9 Å². The summed E-state index contributed by atoms with van der Waals surface area (Å²) >= 11 is 0. The molecule has 186 valence electrons. The number of methoxy groups -OCH3 is 2. The molecule has 0 radical (unpaired) electrons. The van der Waals surface area contributed by atoms with Gasteiger partial charge in [0.2, 0.25) is 0 Å². The minimum atomic E-state index is -0.412. The van der Waals surface area contributed by atoms with Crippen LogP contribution in [0.2, 0.25) is 0 Å². The second-order valence-corrected chi connectivity index (χ2v) is 9.13. The van der Waals surface area contributed by atoms with Crippen molar-refractivity contribution in [3.8, 4) is 28.5 Å². The van der Waals surface area contributed by atoms with E-state index in [1.54, 1.807) is 20.3 Å². The van der Waals surface area contributed by atoms with Crippen LogP contribution < -0.4 is 9.47 Å². The number of phenolic OH excluding ortho intramolecular Hbond substituents is 1. The van der Waals surface area contributed by atoms with Crippen molar-refractivity contribution in [2.24, 2.45) is 0 Å². The highest BCUT2D eigenvalue weighted by Gasteiger charge is 2.42. The Bertz CT molecular complexity index is 1210. The molecule has 0 aliphatic carbocycles. The zero-order valence-corrected chi connectivity index (χ0v) is 21.1. The zero-order chi connectivity index (χ0) is 25.3. The fourth-order valence-corrected chi connectivity index (χ4v) is 4.79. The first-order chi connectivity index (χ1) is 16.8. The molecule has 4 rings (SSSR count). The van der Waals surface area contributed by atoms with Gasteiger partial charge in [-0.1, -0.05) is 12.1 Å². The molecule has 35 heavy (non-hydrogen) atoms. The highest BCUT2D eigenvalue weighted by atomic mass is 16.5. The number of aromatic nitrogens is 2. The van der Waals surface area contributed by atoms with Gasteiger partial charge in [0.15, 0.2) is 11.5 Å². The summed E-state index contributed by atoms with van der Waals surface area (Å²) in [6, 6.07) is 8.97. The van der Waals surface area contributed by atoms with Crippen LogP contribution in [0.3, 0.4) is 0 Å². The number of rotatable bonds is 9. The van der Waals surface area contributed by atoms with Crippen LogP contribution in [0.15, 0.2) is 30.3 Å². The van der Waals surface area contributed by atoms with Crippen LogP contribution in [0.25, 0.3) is 11.3 Å². The standard InChI is InChI=1S/C27H33N3O5/c1-15(2)35-11-7-10-30-26(18-8-9-20(33-5)21(14-18)34-6)23-24(28-29-25(23)27(30)32)22-17(4)12-16(3)13-19(22)31/h8-9,12-15,26,31H,7,10-11H2,1-6H3,(H,28,29). The number of hydrogen-bond acceptors (Lipinski definition) is 6. The number of carbonyl (C=O) groups excluding carboxylic acids is 1. The van der Waals surface area contributed by atoms with Gasteiger partial charge in [-0.05, 0) is 69.0 Å². The van der Waals surface area contributed by atoms with Crippen molar-refractivity contribution in [3.63, 3.8) is 0 Å². The molecular weight excluding hydrogens is 446 g/mol. The molecule has 0 fully saturated rings. The molecule has 1 aliphatic heterocycles. The predicted molar refractivity (Wildman–Crippen MR) is 133 cm³/mol. The molecule has 0 spiro atoms. The Morgan fingerprint density at radius 2 is 1.86 bits per heavy atom. The van der Waals surface area contributed by atoms with Crippen LogP contribution in [-0.2, 0) is 4.74 Å². The maximum atomic E-state index is 13.6. The van der Waals surface area contributed by atoms with E-state index in [1.165, 1.54) is 0 Å². The number of nitrogens with one attached hydrogen (secondary N) is 1. The third-order valence-corrected chi connectivity index (χ3v) is 6.28. The van der Waals surface area contributed by atoms with Crippen LogP contribution in [0.1, 0.15) is 59.1 Å². The minimum absolute atomic E-state index is 0.127. The fraction of sp³-hybridized carbons (Fsp3) is 0.407. The Labute approximate surface area is 205 Å². The molecule has 1 aliphatic rings. The minimum Gasteiger partial charge on any atom is -0.507 e. The summed E-state index contributed by atoms with van der Waals surface area (Å²) in [6.45, 7) is 8.91. The van der Waals surface area contributed by atoms with Crippen LogP contribution in [0.5, 0.6) is 17.2 Å². The highest BCUT2D eigenvalue weighted by molar-refractivity contribution is 6.00. The van der Waals surface area contributed by atoms with Gasteiger partial charge in [0.25, 0.3) is 5.91 Å². The number of carbonyl (C=O) groups is 1. The van der Waals surface area contributed by atoms with Crippen LogP contribution >= 0.6 is 0 Å². The average molecular weight is 480 g/mol. The molecular formula is C27H33N3O5. The highest BCUT2D eigenvalue weighted by Crippen LogP contribution is 2.46. The van der Waals surface area contributed by atoms with Gasteiger partial charge in [0.1, 0.15) is 17.1 Å². The number of aromatic amines is 1. The van der Waals surface area contributed by atoms with Crippen molar-refractivity contribution in [3.05, 3.63) is 58.3 Å². The van der Waals surface area contributed by atoms with Gasteiger partial charge in [0.05, 0.1) is 26.4 Å². The number of amides is 1. The monoisotopic (exact) mass is 479 g/mol. The molecule has 2 heterocycles. The summed E-state index contributed by atoms with van der Waals surface area (Å²) in [5, 5.41) is 18.3. The molecule has 2 aromatic carbocycles. The molecule has 1 aromatic heterocycles. The second-order valence-electron chi connectivity index (χ2n) is 9.13. The average Bonchev–Trinajstić information content (AvgIpc) is 3.34. The lowest BCUT2D eigenvalue weighted by molar-refractivity contribution is 0.0601. The van der Waals surface area contributed by atoms with E-state index in [0.29, 0.717) is 48.0 Å². The number of phenols is 1. The van der Waals surface area contributed by atoms with E-state index in [4.69, 9.17) is 14.2 Å². The maximum Gasteiger partial charge on any atom is 0.273 e. The maximum absolute atomic E-state index is 13.6. The summed E-state index contributed by atoms with van der Waals surface area (Å²) in [5.74, 6) is 1.19. The number of ether oxygens (including phenoxy) is 3. The van der Waals surface area contributed by atoms with Gasteiger partial charge < -0.3 is 24.2 Å². The molecule has 0 bridgehead atoms. The fourth-order valence-electron chi connectivity index (χ4n) is 4.79. The van der Waals surface area contributed by atoms with Crippen molar-refractivity contribution >= 4 is 5.91 Å². The van der Waals surface area contributed by atoms with E-state index in [9.17, 15) is 9.90 Å². The lowest BCUT2D eigenvalue weighted by atomic mass is 9.93. The smallest absolute Gasteiger partial charge is 0.273 e. The number of aryl methyl sites for hydroxylation is 2. The first-order valence-electron chi connectivity index (χ1n) is 11.8. The number of H-pyrrole nitrogens is 1. The van der Waals surface area contributed by atoms with E-state index in [-0.39, 0.29) is 17.8 Å². The molecule has 3 aromatic rings. The molecule has 0 saturated carbocycles. The Hall–Kier alpha value is -3.52. The summed E-state index contributed by atoms with van der Waals surface area (Å²) < 4.78 is 16.7. The van der Waals surface area contributed by atoms with Gasteiger partial charge in [0, 0.05) is 24.3 Å². The molecule has 8 nitrogen and oxygen atoms in total. The van der Waals surface area contributed by atoms with Crippen molar-refractivity contribution < 1.29 is 24.1 Å². The Morgan fingerprint density at radius 3 is 2.51 bits per heavy atom. The van der Waals surface area contributed by atoms with E-state index in [0.717, 1.165) is 22.3 Å². The Kier molecular flexibility index (Phi) is 7.03. The van der Waals surface area contributed by atoms with Gasteiger partial charge in [-0.2, -0.15) is 5.10 Å². The van der Waals surface area contributed by atoms with Crippen molar-refractivity contribution in [2.45, 2.75) is 46.3 Å². The number of nitrogens with zero attached hydrogens (tertiary/aromatic N) is 2. The Morgan fingerprint density at radius 1 is 1.11 bits per heavy atom. The first kappa shape index (κ1) is 24.6. The molecule has 2 N–H and O–H groups in total. The summed E-state index contributed by atoms with van der Waals surface area (Å²) in [7, 11) is 3.18. The molecule has 1 atom stereocenters. The van der Waals surface area contributed by atoms with Crippen LogP contribution in [0, 0.1) is 13.8 Å². The van der Waals surface area contributed by atoms with Crippen molar-refractivity contribution in [2.75, 3.05) is 27.4 Å². The first-order valence-corrected chi connectivity index (χ1v) is 11.8. The summed E-state index contributed by atoms with van der Waals surface area (Å²) in [4.78, 5) is 15.4. The van der Waals surface area contributed by atoms with E-state index in [2.05, 4.69) is 10.2 Å². The quantitative estimate of drug-likeness (QED) is 0.429. The van der Waals surface area contributed by atoms with Gasteiger partial charge in [-0.3, -0.25) is 9.89 Å². The number of fused-ring (bicyclic) bond motifs is 1. The zero-order valence-electron chi connectivity index (χ0n) is 21.1. The number of benzene rings is 2. The SMILES string of the molecule is COc1ccc(C2c3c(-c4c(C)cc(C)cc4O)n[nH]c3C(=O)N2CCCOC(C)C)cc1OC. The third kappa shape index (κ3) is 4.58. The normalized spacial score (nSPS) is 15.1. The lowest BCUT2D eigenvalue weighted by Gasteiger charge is -2.27. The summed E-state index contributed by atoms with van der Waals surface area (Å²) in [5.41, 5.74) is 5.08. The molecule has 1 amide bonds. The number of hydrogen-bond donors (Lipinski definition) is 2. The van der Waals surface area contributed by atoms with Gasteiger partial charge >= 0.3 is 0 Å². The largest absolute Gasteiger partial charge is 0.507 e. The van der Waals surface area contributed by atoms with E-state index in [1.807, 2.05) is 56.9 Å². The van der Waals surface area contributed by atoms with E-state index < -0.39 is 6.04 Å². The molecule has 0 saturated heterocycles. The summed E-state index contributed by atoms with van der Waals surface area (Å²) in [6.07, 6.45) is 0.817. The van der Waals surface area contributed by atoms with Crippen LogP contribution in [0.4, 0.5) is 0 Å². The van der Waals surface area contributed by atoms with Gasteiger partial charge in [-0.15, -0.1) is 0 Å². The van der Waals surface area contributed by atoms with Crippen molar-refractivity contribution in [1.29, 1.82) is 0 Å². The lowest BCUT2D eigenvalue weighted by Crippen LogP contribution is -2.31. The third-order valence-electron chi connectivity index (χ3n) is 6.28. The predicted octanol–water partition coefficient (Wildman–Crippen LogP) is 4.78. The Balaban J connectivity index is 1.83. The molecule has 8 heteroatoms. The van der Waals surface area contributed by atoms with E-state index >= 15 is 0 Å².